The molecule has 0 aromatic heterocycles. The smallest absolute Gasteiger partial charge is 0.480 e. The quantitative estimate of drug-likeness (QED) is 0.0823. The fourth-order valence-corrected chi connectivity index (χ4v) is 6.22. The minimum absolute atomic E-state index is 0. The maximum atomic E-state index is 11.5. The third-order valence-electron chi connectivity index (χ3n) is 9.18. The van der Waals surface area contributed by atoms with Crippen molar-refractivity contribution in [2.45, 2.75) is 109 Å². The van der Waals surface area contributed by atoms with Gasteiger partial charge < -0.3 is 55.2 Å². The van der Waals surface area contributed by atoms with Crippen LogP contribution in [0.3, 0.4) is 0 Å². The van der Waals surface area contributed by atoms with E-state index in [0.29, 0.717) is 58.8 Å². The number of aliphatic hydroxyl groups excluding tert-OH is 4. The van der Waals surface area contributed by atoms with E-state index in [0.717, 1.165) is 70.9 Å². The van der Waals surface area contributed by atoms with Gasteiger partial charge in [-0.15, -0.1) is 0 Å². The van der Waals surface area contributed by atoms with Crippen molar-refractivity contribution >= 4 is 23.9 Å². The molecule has 2 heterocycles. The summed E-state index contributed by atoms with van der Waals surface area (Å²) in [6.45, 7) is 4.95. The van der Waals surface area contributed by atoms with Crippen molar-refractivity contribution in [1.29, 1.82) is 0 Å². The van der Waals surface area contributed by atoms with Gasteiger partial charge in [-0.05, 0) is 38.8 Å². The van der Waals surface area contributed by atoms with Gasteiger partial charge in [-0.25, -0.2) is 4.79 Å². The number of halogens is 3. The molecule has 0 aromatic rings. The van der Waals surface area contributed by atoms with E-state index in [9.17, 15) is 63.3 Å². The van der Waals surface area contributed by atoms with Gasteiger partial charge in [-0.2, -0.15) is 13.2 Å². The van der Waals surface area contributed by atoms with Gasteiger partial charge >= 0.3 is 30.1 Å². The maximum Gasteiger partial charge on any atom is 0.490 e. The molecule has 0 spiro atoms. The van der Waals surface area contributed by atoms with E-state index in [1.807, 2.05) is 9.80 Å². The average molecular weight is 823 g/mol. The van der Waals surface area contributed by atoms with Crippen LogP contribution in [-0.4, -0.2) is 213 Å². The van der Waals surface area contributed by atoms with E-state index in [-0.39, 0.29) is 27.1 Å². The van der Waals surface area contributed by atoms with Crippen LogP contribution >= 0.6 is 0 Å². The fraction of sp³-hybridized carbons (Fsp3) is 0.886. The van der Waals surface area contributed by atoms with Gasteiger partial charge in [0.15, 0.2) is 6.29 Å². The lowest BCUT2D eigenvalue weighted by molar-refractivity contribution is -0.301. The third kappa shape index (κ3) is 24.1. The summed E-state index contributed by atoms with van der Waals surface area (Å²) >= 11 is 0. The molecule has 2 rings (SSSR count). The highest BCUT2D eigenvalue weighted by Crippen LogP contribution is 2.22. The Morgan fingerprint density at radius 3 is 1.36 bits per heavy atom. The molecule has 18 nitrogen and oxygen atoms in total. The van der Waals surface area contributed by atoms with Crippen molar-refractivity contribution < 1.29 is 82.7 Å². The second kappa shape index (κ2) is 29.5. The molecule has 0 bridgehead atoms. The number of nitrogens with zero attached hydrogens (tertiary/aromatic N) is 4. The molecule has 330 valence electrons. The topological polar surface area (TPSA) is 262 Å². The minimum atomic E-state index is -5.08. The predicted molar refractivity (Wildman–Crippen MR) is 195 cm³/mol. The van der Waals surface area contributed by atoms with Crippen LogP contribution in [0, 0.1) is 0 Å². The summed E-state index contributed by atoms with van der Waals surface area (Å²) in [6.07, 6.45) is -1.92. The van der Waals surface area contributed by atoms with Crippen LogP contribution in [0.1, 0.15) is 71.6 Å². The molecule has 0 saturated carbocycles. The van der Waals surface area contributed by atoms with E-state index in [1.54, 1.807) is 4.90 Å². The second-order valence-corrected chi connectivity index (χ2v) is 13.8. The Balaban J connectivity index is 0.00000344. The highest BCUT2D eigenvalue weighted by Gasteiger charge is 2.44. The summed E-state index contributed by atoms with van der Waals surface area (Å²) < 4.78 is 42.6. The number of alkyl halides is 3. The highest BCUT2D eigenvalue weighted by atomic mass is 19.4. The molecule has 0 aliphatic carbocycles. The summed E-state index contributed by atoms with van der Waals surface area (Å²) in [6, 6.07) is 0. The van der Waals surface area contributed by atoms with Gasteiger partial charge in [0, 0.05) is 52.4 Å². The average Bonchev–Trinajstić information content (AvgIpc) is 3.09. The first-order valence-electron chi connectivity index (χ1n) is 18.7. The first-order valence-corrected chi connectivity index (χ1v) is 18.7. The first-order chi connectivity index (χ1) is 25.9. The van der Waals surface area contributed by atoms with Gasteiger partial charge in [0.05, 0.1) is 26.2 Å². The molecule has 2 aliphatic rings. The number of hydrogen-bond donors (Lipinski definition) is 8. The largest absolute Gasteiger partial charge is 0.490 e. The summed E-state index contributed by atoms with van der Waals surface area (Å²) in [7, 11) is 0. The molecule has 56 heavy (non-hydrogen) atoms. The van der Waals surface area contributed by atoms with Crippen molar-refractivity contribution in [2.24, 2.45) is 0 Å². The molecule has 8 N–H and O–H groups in total. The zero-order valence-electron chi connectivity index (χ0n) is 31.3. The molecule has 2 unspecified atom stereocenters. The highest BCUT2D eigenvalue weighted by molar-refractivity contribution is 5.73. The number of carboxylic acid groups (broad SMARTS) is 4. The fourth-order valence-electron chi connectivity index (χ4n) is 6.22. The van der Waals surface area contributed by atoms with Crippen LogP contribution < -0.4 is 0 Å². The summed E-state index contributed by atoms with van der Waals surface area (Å²) in [5.74, 6) is -5.51. The summed E-state index contributed by atoms with van der Waals surface area (Å²) in [5.41, 5.74) is 0. The molecular formula is C35H65F3N4O14. The monoisotopic (exact) mass is 822 g/mol. The van der Waals surface area contributed by atoms with E-state index in [4.69, 9.17) is 19.4 Å². The Hall–Kier alpha value is -2.73. The predicted octanol–water partition coefficient (Wildman–Crippen LogP) is 0.449. The summed E-state index contributed by atoms with van der Waals surface area (Å²) in [4.78, 5) is 51.1. The number of unbranched alkanes of at least 4 members (excludes halogenated alkanes) is 7. The first kappa shape index (κ1) is 53.3. The SMILES string of the molecule is C.O=C(O)C(F)(F)F.O=C(O)CN1CCCN(CC(=O)O)CCN(CC(=O)O)CCCN(CCCCCCCCCCO[C@@H]2OC(CO)[C@@H](O)[C@H](O)C2O)CC1. The van der Waals surface area contributed by atoms with Crippen LogP contribution in [-0.2, 0) is 28.7 Å². The van der Waals surface area contributed by atoms with Crippen LogP contribution in [0.5, 0.6) is 0 Å². The summed E-state index contributed by atoms with van der Waals surface area (Å²) in [5, 5.41) is 74.3. The van der Waals surface area contributed by atoms with Crippen molar-refractivity contribution in [2.75, 3.05) is 91.8 Å². The van der Waals surface area contributed by atoms with Gasteiger partial charge in [-0.1, -0.05) is 46.0 Å². The van der Waals surface area contributed by atoms with Crippen LogP contribution in [0.15, 0.2) is 0 Å². The van der Waals surface area contributed by atoms with E-state index < -0.39 is 67.4 Å². The number of rotatable bonds is 19. The molecule has 21 heteroatoms. The Bertz CT molecular complexity index is 1110. The Morgan fingerprint density at radius 2 is 0.964 bits per heavy atom. The van der Waals surface area contributed by atoms with Gasteiger partial charge in [0.2, 0.25) is 0 Å². The number of ether oxygens (including phenoxy) is 2. The van der Waals surface area contributed by atoms with Gasteiger partial charge in [0.25, 0.3) is 0 Å². The van der Waals surface area contributed by atoms with Crippen molar-refractivity contribution in [1.82, 2.24) is 19.6 Å². The van der Waals surface area contributed by atoms with Crippen LogP contribution in [0.2, 0.25) is 0 Å². The molecule has 2 aliphatic heterocycles. The van der Waals surface area contributed by atoms with Crippen LogP contribution in [0.4, 0.5) is 13.2 Å². The number of carboxylic acids is 4. The lowest BCUT2D eigenvalue weighted by Gasteiger charge is -2.39. The Labute approximate surface area is 326 Å². The normalized spacial score (nSPS) is 24.2. The van der Waals surface area contributed by atoms with Crippen molar-refractivity contribution in [3.8, 4) is 0 Å². The molecule has 0 aromatic carbocycles. The number of hydrogen-bond acceptors (Lipinski definition) is 14. The zero-order valence-corrected chi connectivity index (χ0v) is 31.3. The molecule has 5 atom stereocenters. The second-order valence-electron chi connectivity index (χ2n) is 13.8. The Kier molecular flexibility index (Phi) is 28.0. The van der Waals surface area contributed by atoms with Crippen molar-refractivity contribution in [3.63, 3.8) is 0 Å². The number of carbonyl (C=O) groups is 4. The van der Waals surface area contributed by atoms with E-state index in [2.05, 4.69) is 4.90 Å². The molecule has 0 amide bonds. The maximum absolute atomic E-state index is 11.5. The van der Waals surface area contributed by atoms with Gasteiger partial charge in [-0.3, -0.25) is 29.1 Å². The van der Waals surface area contributed by atoms with Gasteiger partial charge in [0.1, 0.15) is 24.4 Å². The lowest BCUT2D eigenvalue weighted by atomic mass is 9.99. The number of aliphatic hydroxyl groups is 4. The minimum Gasteiger partial charge on any atom is -0.480 e. The molecular weight excluding hydrogens is 757 g/mol. The third-order valence-corrected chi connectivity index (χ3v) is 9.18. The molecule has 2 fully saturated rings. The zero-order chi connectivity index (χ0) is 41.4. The lowest BCUT2D eigenvalue weighted by Crippen LogP contribution is -2.59. The number of aliphatic carboxylic acids is 4. The van der Waals surface area contributed by atoms with E-state index >= 15 is 0 Å². The Morgan fingerprint density at radius 1 is 0.589 bits per heavy atom. The van der Waals surface area contributed by atoms with E-state index in [1.165, 1.54) is 0 Å². The van der Waals surface area contributed by atoms with Crippen LogP contribution in [0.25, 0.3) is 0 Å². The standard InChI is InChI=1S/C32H60N4O12.C2HF3O2.CH4/c37-24-25-29(44)30(45)31(46)32(48-25)47-20-8-6-4-2-1-3-5-7-11-33-12-9-13-35(22-27(40)41)18-19-36(23-28(42)43)15-10-14-34(17-16-33)21-26(38)39;3-2(4,5)1(6)7;/h25,29-32,37,44-46H,1-24H2,(H,38,39)(H,40,41)(H,42,43);(H,6,7);1H4/t25?,29-,30+,31?,32-;;/m1../s1. The molecule has 0 radical (unpaired) electrons. The molecule has 2 saturated heterocycles. The van der Waals surface area contributed by atoms with Crippen molar-refractivity contribution in [3.05, 3.63) is 0 Å².